The lowest BCUT2D eigenvalue weighted by Gasteiger charge is -2.35. The molecule has 0 radical (unpaired) electrons. The fraction of sp³-hybridized carbons (Fsp3) is 0.467. The Morgan fingerprint density at radius 1 is 1.14 bits per heavy atom. The summed E-state index contributed by atoms with van der Waals surface area (Å²) in [6.45, 7) is 0.0717. The number of nitrogens with one attached hydrogen (secondary N) is 1. The fourth-order valence-corrected chi connectivity index (χ4v) is 2.51. The van der Waals surface area contributed by atoms with Gasteiger partial charge in [0.1, 0.15) is 6.61 Å². The van der Waals surface area contributed by atoms with E-state index in [1.807, 2.05) is 18.2 Å². The highest BCUT2D eigenvalue weighted by atomic mass is 16.5. The topological polar surface area (TPSA) is 116 Å². The van der Waals surface area contributed by atoms with Crippen molar-refractivity contribution in [3.63, 3.8) is 0 Å². The number of carboxylic acid groups (broad SMARTS) is 1. The fourth-order valence-electron chi connectivity index (χ4n) is 2.51. The molecule has 0 bridgehead atoms. The Morgan fingerprint density at radius 3 is 2.41 bits per heavy atom. The summed E-state index contributed by atoms with van der Waals surface area (Å²) in [4.78, 5) is 23.0. The van der Waals surface area contributed by atoms with E-state index in [0.717, 1.165) is 5.56 Å². The first-order valence-corrected chi connectivity index (χ1v) is 7.03. The molecule has 4 N–H and O–H groups in total. The number of amides is 1. The molecule has 7 nitrogen and oxygen atoms in total. The van der Waals surface area contributed by atoms with Gasteiger partial charge in [-0.05, 0) is 18.4 Å². The van der Waals surface area contributed by atoms with Gasteiger partial charge in [-0.25, -0.2) is 4.79 Å². The van der Waals surface area contributed by atoms with Gasteiger partial charge in [0.2, 0.25) is 0 Å². The monoisotopic (exact) mass is 309 g/mol. The molecule has 22 heavy (non-hydrogen) atoms. The van der Waals surface area contributed by atoms with E-state index < -0.39 is 36.2 Å². The van der Waals surface area contributed by atoms with E-state index in [-0.39, 0.29) is 19.4 Å². The summed E-state index contributed by atoms with van der Waals surface area (Å²) in [5, 5.41) is 30.8. The molecule has 0 saturated heterocycles. The van der Waals surface area contributed by atoms with Crippen LogP contribution in [0.3, 0.4) is 0 Å². The van der Waals surface area contributed by atoms with Crippen molar-refractivity contribution >= 4 is 12.1 Å². The van der Waals surface area contributed by atoms with Crippen LogP contribution in [0.2, 0.25) is 0 Å². The predicted molar refractivity (Wildman–Crippen MR) is 75.9 cm³/mol. The van der Waals surface area contributed by atoms with E-state index in [1.54, 1.807) is 12.1 Å². The third kappa shape index (κ3) is 4.19. The first kappa shape index (κ1) is 16.3. The third-order valence-corrected chi connectivity index (χ3v) is 3.75. The molecule has 4 atom stereocenters. The molecule has 0 aromatic heterocycles. The highest BCUT2D eigenvalue weighted by Gasteiger charge is 2.40. The Kier molecular flexibility index (Phi) is 5.35. The predicted octanol–water partition coefficient (Wildman–Crippen LogP) is 0.498. The smallest absolute Gasteiger partial charge is 0.407 e. The summed E-state index contributed by atoms with van der Waals surface area (Å²) in [6, 6.07) is 8.29. The SMILES string of the molecule is O=C(N[C@@H]1C[C@@H](O)[C@@H](O)C[C@@H]1C(=O)O)OCc1ccccc1. The van der Waals surface area contributed by atoms with E-state index in [1.165, 1.54) is 0 Å². The number of ether oxygens (including phenoxy) is 1. The lowest BCUT2D eigenvalue weighted by molar-refractivity contribution is -0.147. The van der Waals surface area contributed by atoms with Gasteiger partial charge < -0.3 is 25.4 Å². The van der Waals surface area contributed by atoms with Gasteiger partial charge in [0.05, 0.1) is 18.1 Å². The zero-order valence-electron chi connectivity index (χ0n) is 11.9. The quantitative estimate of drug-likeness (QED) is 0.643. The minimum Gasteiger partial charge on any atom is -0.481 e. The summed E-state index contributed by atoms with van der Waals surface area (Å²) < 4.78 is 5.03. The van der Waals surface area contributed by atoms with Crippen molar-refractivity contribution in [3.8, 4) is 0 Å². The molecule has 0 unspecified atom stereocenters. The molecule has 1 aromatic carbocycles. The molecule has 1 amide bonds. The summed E-state index contributed by atoms with van der Waals surface area (Å²) in [5.41, 5.74) is 0.812. The average molecular weight is 309 g/mol. The van der Waals surface area contributed by atoms with Gasteiger partial charge in [0.15, 0.2) is 0 Å². The van der Waals surface area contributed by atoms with Crippen molar-refractivity contribution in [3.05, 3.63) is 35.9 Å². The third-order valence-electron chi connectivity index (χ3n) is 3.75. The second-order valence-corrected chi connectivity index (χ2v) is 5.36. The van der Waals surface area contributed by atoms with Gasteiger partial charge in [0.25, 0.3) is 0 Å². The highest BCUT2D eigenvalue weighted by molar-refractivity contribution is 5.73. The van der Waals surface area contributed by atoms with Crippen LogP contribution < -0.4 is 5.32 Å². The zero-order chi connectivity index (χ0) is 16.1. The number of benzene rings is 1. The standard InChI is InChI=1S/C15H19NO6/c17-12-6-10(14(19)20)11(7-13(12)18)16-15(21)22-8-9-4-2-1-3-5-9/h1-5,10-13,17-18H,6-8H2,(H,16,21)(H,19,20)/t10-,11+,12-,13+/m0/s1. The first-order chi connectivity index (χ1) is 10.5. The molecule has 1 saturated carbocycles. The van der Waals surface area contributed by atoms with Gasteiger partial charge in [-0.2, -0.15) is 0 Å². The maximum absolute atomic E-state index is 11.8. The van der Waals surface area contributed by atoms with Gasteiger partial charge in [-0.3, -0.25) is 4.79 Å². The summed E-state index contributed by atoms with van der Waals surface area (Å²) >= 11 is 0. The van der Waals surface area contributed by atoms with Gasteiger partial charge >= 0.3 is 12.1 Å². The zero-order valence-corrected chi connectivity index (χ0v) is 11.9. The lowest BCUT2D eigenvalue weighted by atomic mass is 9.81. The van der Waals surface area contributed by atoms with E-state index in [2.05, 4.69) is 5.32 Å². The molecule has 1 aliphatic rings. The summed E-state index contributed by atoms with van der Waals surface area (Å²) in [7, 11) is 0. The number of carbonyl (C=O) groups is 2. The number of carboxylic acids is 1. The van der Waals surface area contributed by atoms with Gasteiger partial charge in [-0.1, -0.05) is 30.3 Å². The van der Waals surface area contributed by atoms with Crippen molar-refractivity contribution in [1.82, 2.24) is 5.32 Å². The number of rotatable bonds is 4. The Bertz CT molecular complexity index is 520. The molecule has 7 heteroatoms. The van der Waals surface area contributed by atoms with E-state index in [4.69, 9.17) is 9.84 Å². The van der Waals surface area contributed by atoms with E-state index >= 15 is 0 Å². The molecule has 0 heterocycles. The van der Waals surface area contributed by atoms with Crippen LogP contribution in [0.4, 0.5) is 4.79 Å². The van der Waals surface area contributed by atoms with Crippen LogP contribution in [0.5, 0.6) is 0 Å². The summed E-state index contributed by atoms with van der Waals surface area (Å²) in [5.74, 6) is -2.08. The number of aliphatic carboxylic acids is 1. The maximum atomic E-state index is 11.8. The Labute approximate surface area is 127 Å². The first-order valence-electron chi connectivity index (χ1n) is 7.03. The van der Waals surface area contributed by atoms with Crippen molar-refractivity contribution in [2.24, 2.45) is 5.92 Å². The van der Waals surface area contributed by atoms with E-state index in [9.17, 15) is 19.8 Å². The van der Waals surface area contributed by atoms with Crippen LogP contribution >= 0.6 is 0 Å². The van der Waals surface area contributed by atoms with Crippen LogP contribution in [0.1, 0.15) is 18.4 Å². The minimum atomic E-state index is -1.13. The largest absolute Gasteiger partial charge is 0.481 e. The van der Waals surface area contributed by atoms with Crippen LogP contribution in [-0.4, -0.2) is 45.6 Å². The van der Waals surface area contributed by atoms with Gasteiger partial charge in [0, 0.05) is 6.04 Å². The second-order valence-electron chi connectivity index (χ2n) is 5.36. The number of hydrogen-bond acceptors (Lipinski definition) is 5. The maximum Gasteiger partial charge on any atom is 0.407 e. The van der Waals surface area contributed by atoms with E-state index in [0.29, 0.717) is 0 Å². The van der Waals surface area contributed by atoms with Gasteiger partial charge in [-0.15, -0.1) is 0 Å². The van der Waals surface area contributed by atoms with Crippen molar-refractivity contribution in [2.45, 2.75) is 37.7 Å². The van der Waals surface area contributed by atoms with Crippen LogP contribution in [0, 0.1) is 5.92 Å². The Balaban J connectivity index is 1.89. The highest BCUT2D eigenvalue weighted by Crippen LogP contribution is 2.25. The number of aliphatic hydroxyl groups is 2. The summed E-state index contributed by atoms with van der Waals surface area (Å²) in [6.07, 6.45) is -3.04. The number of hydrogen-bond donors (Lipinski definition) is 4. The molecule has 120 valence electrons. The second kappa shape index (κ2) is 7.24. The molecule has 1 fully saturated rings. The molecule has 1 aliphatic carbocycles. The molecule has 0 aliphatic heterocycles. The normalized spacial score (nSPS) is 27.9. The molecular formula is C15H19NO6. The van der Waals surface area contributed by atoms with Crippen molar-refractivity contribution < 1.29 is 29.6 Å². The Hall–Kier alpha value is -2.12. The molecule has 2 rings (SSSR count). The van der Waals surface area contributed by atoms with Crippen molar-refractivity contribution in [1.29, 1.82) is 0 Å². The van der Waals surface area contributed by atoms with Crippen LogP contribution in [-0.2, 0) is 16.1 Å². The molecular weight excluding hydrogens is 290 g/mol. The Morgan fingerprint density at radius 2 is 1.77 bits per heavy atom. The molecule has 0 spiro atoms. The number of aliphatic hydroxyl groups excluding tert-OH is 2. The minimum absolute atomic E-state index is 0.0292. The van der Waals surface area contributed by atoms with Crippen molar-refractivity contribution in [2.75, 3.05) is 0 Å². The number of carbonyl (C=O) groups excluding carboxylic acids is 1. The van der Waals surface area contributed by atoms with Crippen LogP contribution in [0.25, 0.3) is 0 Å². The average Bonchev–Trinajstić information content (AvgIpc) is 2.49. The number of alkyl carbamates (subject to hydrolysis) is 1. The molecule has 1 aromatic rings. The van der Waals surface area contributed by atoms with Crippen LogP contribution in [0.15, 0.2) is 30.3 Å². The lowest BCUT2D eigenvalue weighted by Crippen LogP contribution is -2.52.